The molecule has 1 aromatic carbocycles. The van der Waals surface area contributed by atoms with Gasteiger partial charge in [-0.05, 0) is 37.0 Å². The van der Waals surface area contributed by atoms with Crippen LogP contribution in [0.2, 0.25) is 5.02 Å². The van der Waals surface area contributed by atoms with Crippen LogP contribution in [0.15, 0.2) is 18.2 Å². The highest BCUT2D eigenvalue weighted by Gasteiger charge is 2.17. The summed E-state index contributed by atoms with van der Waals surface area (Å²) in [4.78, 5) is 0. The Morgan fingerprint density at radius 1 is 1.37 bits per heavy atom. The third-order valence-electron chi connectivity index (χ3n) is 3.10. The van der Waals surface area contributed by atoms with E-state index in [9.17, 15) is 0 Å². The van der Waals surface area contributed by atoms with E-state index in [0.29, 0.717) is 18.2 Å². The Morgan fingerprint density at radius 2 is 2.26 bits per heavy atom. The summed E-state index contributed by atoms with van der Waals surface area (Å²) in [5.74, 6) is 0.726. The summed E-state index contributed by atoms with van der Waals surface area (Å²) in [6, 6.07) is 5.87. The molecule has 1 unspecified atom stereocenters. The van der Waals surface area contributed by atoms with Crippen molar-refractivity contribution in [2.75, 3.05) is 26.9 Å². The van der Waals surface area contributed by atoms with Gasteiger partial charge in [0.05, 0.1) is 17.7 Å². The number of rotatable bonds is 6. The summed E-state index contributed by atoms with van der Waals surface area (Å²) in [6.45, 7) is 2.09. The van der Waals surface area contributed by atoms with Crippen LogP contribution in [0.4, 0.5) is 0 Å². The average Bonchev–Trinajstić information content (AvgIpc) is 2.46. The Bertz CT molecular complexity index is 389. The molecule has 105 valence electrons. The molecule has 1 fully saturated rings. The van der Waals surface area contributed by atoms with Crippen molar-refractivity contribution in [2.24, 2.45) is 0 Å². The predicted molar refractivity (Wildman–Crippen MR) is 75.7 cm³/mol. The first kappa shape index (κ1) is 14.6. The second-order valence-corrected chi connectivity index (χ2v) is 4.96. The quantitative estimate of drug-likeness (QED) is 0.743. The second kappa shape index (κ2) is 7.73. The molecule has 1 aliphatic rings. The van der Waals surface area contributed by atoms with Crippen LogP contribution < -0.4 is 4.74 Å². The first-order chi connectivity index (χ1) is 9.31. The molecule has 1 saturated heterocycles. The maximum Gasteiger partial charge on any atom is 0.138 e. The van der Waals surface area contributed by atoms with E-state index in [1.165, 1.54) is 0 Å². The van der Waals surface area contributed by atoms with Crippen LogP contribution in [0.1, 0.15) is 30.9 Å². The number of hydrogen-bond donors (Lipinski definition) is 0. The van der Waals surface area contributed by atoms with Gasteiger partial charge in [-0.25, -0.2) is 0 Å². The third kappa shape index (κ3) is 4.37. The lowest BCUT2D eigenvalue weighted by Gasteiger charge is -2.23. The van der Waals surface area contributed by atoms with Crippen LogP contribution in [-0.2, 0) is 9.47 Å². The molecule has 0 aromatic heterocycles. The van der Waals surface area contributed by atoms with Gasteiger partial charge in [0.15, 0.2) is 0 Å². The van der Waals surface area contributed by atoms with Crippen LogP contribution >= 0.6 is 11.6 Å². The number of hydrogen-bond acceptors (Lipinski definition) is 3. The Balaban J connectivity index is 1.97. The summed E-state index contributed by atoms with van der Waals surface area (Å²) in [5.41, 5.74) is 1.13. The highest BCUT2D eigenvalue weighted by molar-refractivity contribution is 6.32. The molecule has 3 nitrogen and oxygen atoms in total. The van der Waals surface area contributed by atoms with Gasteiger partial charge in [-0.3, -0.25) is 0 Å². The van der Waals surface area contributed by atoms with Gasteiger partial charge in [-0.15, -0.1) is 0 Å². The molecule has 4 heteroatoms. The fraction of sp³-hybridized carbons (Fsp3) is 0.533. The molecule has 1 atom stereocenters. The smallest absolute Gasteiger partial charge is 0.138 e. The van der Waals surface area contributed by atoms with E-state index in [4.69, 9.17) is 25.8 Å². The molecule has 0 bridgehead atoms. The van der Waals surface area contributed by atoms with Crippen LogP contribution in [0.25, 0.3) is 0 Å². The molecule has 0 amide bonds. The van der Waals surface area contributed by atoms with Crippen molar-refractivity contribution in [1.29, 1.82) is 0 Å². The molecule has 0 saturated carbocycles. The van der Waals surface area contributed by atoms with Crippen molar-refractivity contribution in [1.82, 2.24) is 0 Å². The second-order valence-electron chi connectivity index (χ2n) is 4.56. The van der Waals surface area contributed by atoms with Crippen LogP contribution in [0.5, 0.6) is 5.75 Å². The first-order valence-corrected chi connectivity index (χ1v) is 7.03. The lowest BCUT2D eigenvalue weighted by molar-refractivity contribution is 0.0329. The summed E-state index contributed by atoms with van der Waals surface area (Å²) < 4.78 is 16.4. The molecule has 0 aliphatic carbocycles. The zero-order valence-corrected chi connectivity index (χ0v) is 12.0. The topological polar surface area (TPSA) is 27.7 Å². The van der Waals surface area contributed by atoms with Gasteiger partial charge >= 0.3 is 0 Å². The molecule has 1 aromatic rings. The van der Waals surface area contributed by atoms with E-state index >= 15 is 0 Å². The lowest BCUT2D eigenvalue weighted by Crippen LogP contribution is -2.12. The van der Waals surface area contributed by atoms with Crippen LogP contribution in [-0.4, -0.2) is 26.9 Å². The summed E-state index contributed by atoms with van der Waals surface area (Å²) in [5, 5.41) is 0.640. The van der Waals surface area contributed by atoms with E-state index in [1.54, 1.807) is 7.11 Å². The lowest BCUT2D eigenvalue weighted by atomic mass is 10.0. The van der Waals surface area contributed by atoms with Crippen molar-refractivity contribution in [3.8, 4) is 5.75 Å². The molecule has 0 spiro atoms. The fourth-order valence-electron chi connectivity index (χ4n) is 2.08. The molecule has 1 radical (unpaired) electrons. The Morgan fingerprint density at radius 3 is 3.00 bits per heavy atom. The normalized spacial score (nSPS) is 19.4. The molecule has 2 rings (SSSR count). The van der Waals surface area contributed by atoms with Crippen molar-refractivity contribution in [3.63, 3.8) is 0 Å². The number of ether oxygens (including phenoxy) is 3. The van der Waals surface area contributed by atoms with Crippen molar-refractivity contribution < 1.29 is 14.2 Å². The average molecular weight is 284 g/mol. The molecule has 1 heterocycles. The minimum Gasteiger partial charge on any atom is -0.492 e. The fourth-order valence-corrected chi connectivity index (χ4v) is 2.25. The molecule has 1 aliphatic heterocycles. The Labute approximate surface area is 119 Å². The summed E-state index contributed by atoms with van der Waals surface area (Å²) >= 11 is 6.14. The largest absolute Gasteiger partial charge is 0.492 e. The van der Waals surface area contributed by atoms with E-state index < -0.39 is 0 Å². The minimum atomic E-state index is 0.132. The monoisotopic (exact) mass is 283 g/mol. The van der Waals surface area contributed by atoms with Crippen LogP contribution in [0.3, 0.4) is 0 Å². The van der Waals surface area contributed by atoms with Gasteiger partial charge in [-0.1, -0.05) is 17.7 Å². The van der Waals surface area contributed by atoms with Gasteiger partial charge in [0, 0.05) is 26.7 Å². The predicted octanol–water partition coefficient (Wildman–Crippen LogP) is 3.81. The van der Waals surface area contributed by atoms with Gasteiger partial charge in [-0.2, -0.15) is 0 Å². The van der Waals surface area contributed by atoms with Crippen molar-refractivity contribution in [2.45, 2.75) is 25.4 Å². The number of methoxy groups -OCH3 is 1. The van der Waals surface area contributed by atoms with E-state index in [-0.39, 0.29) is 6.10 Å². The van der Waals surface area contributed by atoms with Gasteiger partial charge in [0.1, 0.15) is 5.75 Å². The van der Waals surface area contributed by atoms with E-state index in [0.717, 1.165) is 37.2 Å². The SMILES string of the molecule is COCCCOc1cc(C2C[CH]CCO2)ccc1Cl. The standard InChI is InChI=1S/C15H20ClO3/c1-17-8-4-10-19-15-11-12(6-7-13(15)16)14-5-2-3-9-18-14/h2,6-7,11,14H,3-5,8-10H2,1H3. The van der Waals surface area contributed by atoms with Gasteiger partial charge in [0.2, 0.25) is 0 Å². The zero-order valence-electron chi connectivity index (χ0n) is 11.2. The van der Waals surface area contributed by atoms with Crippen molar-refractivity contribution in [3.05, 3.63) is 35.2 Å². The van der Waals surface area contributed by atoms with Gasteiger partial charge in [0.25, 0.3) is 0 Å². The third-order valence-corrected chi connectivity index (χ3v) is 3.41. The Kier molecular flexibility index (Phi) is 5.95. The molecule has 0 N–H and O–H groups in total. The molecule has 19 heavy (non-hydrogen) atoms. The highest BCUT2D eigenvalue weighted by Crippen LogP contribution is 2.33. The summed E-state index contributed by atoms with van der Waals surface area (Å²) in [6.07, 6.45) is 5.23. The van der Waals surface area contributed by atoms with E-state index in [1.807, 2.05) is 18.2 Å². The molecular weight excluding hydrogens is 264 g/mol. The highest BCUT2D eigenvalue weighted by atomic mass is 35.5. The maximum absolute atomic E-state index is 6.14. The maximum atomic E-state index is 6.14. The number of halogens is 1. The van der Waals surface area contributed by atoms with Crippen LogP contribution in [0, 0.1) is 6.42 Å². The number of benzene rings is 1. The minimum absolute atomic E-state index is 0.132. The van der Waals surface area contributed by atoms with E-state index in [2.05, 4.69) is 6.42 Å². The summed E-state index contributed by atoms with van der Waals surface area (Å²) in [7, 11) is 1.69. The van der Waals surface area contributed by atoms with Gasteiger partial charge < -0.3 is 14.2 Å². The Hall–Kier alpha value is -0.770. The first-order valence-electron chi connectivity index (χ1n) is 6.65. The molecular formula is C15H20ClO3. The van der Waals surface area contributed by atoms with Crippen molar-refractivity contribution >= 4 is 11.6 Å². The zero-order chi connectivity index (χ0) is 13.5.